The highest BCUT2D eigenvalue weighted by Gasteiger charge is 2.09. The van der Waals surface area contributed by atoms with Gasteiger partial charge in [0.1, 0.15) is 5.82 Å². The second kappa shape index (κ2) is 8.17. The standard InChI is InChI=1S/C15H18Cl2N4O/c1-18-7-2-3-15(22)20-14-6-8-19-21(14)10-11-4-5-12(16)9-13(11)17/h4-6,8-9,18H,2-3,7,10H2,1H3,(H,20,22). The van der Waals surface area contributed by atoms with E-state index in [0.717, 1.165) is 18.5 Å². The lowest BCUT2D eigenvalue weighted by molar-refractivity contribution is -0.116. The molecule has 1 heterocycles. The molecule has 0 aliphatic heterocycles. The third-order valence-corrected chi connectivity index (χ3v) is 3.74. The van der Waals surface area contributed by atoms with E-state index in [1.165, 1.54) is 0 Å². The smallest absolute Gasteiger partial charge is 0.225 e. The van der Waals surface area contributed by atoms with Gasteiger partial charge in [0.15, 0.2) is 0 Å². The zero-order chi connectivity index (χ0) is 15.9. The molecule has 2 rings (SSSR count). The van der Waals surface area contributed by atoms with E-state index in [4.69, 9.17) is 23.2 Å². The maximum absolute atomic E-state index is 11.9. The number of benzene rings is 1. The van der Waals surface area contributed by atoms with Gasteiger partial charge in [-0.15, -0.1) is 0 Å². The molecule has 0 atom stereocenters. The average Bonchev–Trinajstić information content (AvgIpc) is 2.89. The minimum atomic E-state index is -0.0285. The lowest BCUT2D eigenvalue weighted by Gasteiger charge is -2.10. The monoisotopic (exact) mass is 340 g/mol. The summed E-state index contributed by atoms with van der Waals surface area (Å²) in [6, 6.07) is 7.09. The van der Waals surface area contributed by atoms with Crippen LogP contribution in [0, 0.1) is 0 Å². The Morgan fingerprint density at radius 2 is 2.14 bits per heavy atom. The molecule has 1 aromatic carbocycles. The van der Waals surface area contributed by atoms with Crippen LogP contribution in [0.4, 0.5) is 5.82 Å². The van der Waals surface area contributed by atoms with Gasteiger partial charge in [0.2, 0.25) is 5.91 Å². The highest BCUT2D eigenvalue weighted by molar-refractivity contribution is 6.35. The number of carbonyl (C=O) groups is 1. The number of hydrogen-bond acceptors (Lipinski definition) is 3. The summed E-state index contributed by atoms with van der Waals surface area (Å²) in [5.41, 5.74) is 0.889. The summed E-state index contributed by atoms with van der Waals surface area (Å²) >= 11 is 12.1. The molecule has 7 heteroatoms. The molecule has 0 radical (unpaired) electrons. The Bertz CT molecular complexity index is 642. The summed E-state index contributed by atoms with van der Waals surface area (Å²) in [5.74, 6) is 0.625. The third-order valence-electron chi connectivity index (χ3n) is 3.15. The van der Waals surface area contributed by atoms with Gasteiger partial charge in [0.05, 0.1) is 12.7 Å². The van der Waals surface area contributed by atoms with Crippen LogP contribution in [0.3, 0.4) is 0 Å². The van der Waals surface area contributed by atoms with Crippen LogP contribution < -0.4 is 10.6 Å². The van der Waals surface area contributed by atoms with E-state index >= 15 is 0 Å². The first-order valence-electron chi connectivity index (χ1n) is 7.00. The molecule has 0 saturated carbocycles. The van der Waals surface area contributed by atoms with Crippen molar-refractivity contribution in [2.45, 2.75) is 19.4 Å². The summed E-state index contributed by atoms with van der Waals surface area (Å²) in [6.45, 7) is 1.28. The Kier molecular flexibility index (Phi) is 6.24. The maximum atomic E-state index is 11.9. The number of aromatic nitrogens is 2. The summed E-state index contributed by atoms with van der Waals surface area (Å²) in [7, 11) is 1.86. The number of halogens is 2. The zero-order valence-corrected chi connectivity index (χ0v) is 13.8. The molecule has 0 saturated heterocycles. The Labute approximate surface area is 139 Å². The van der Waals surface area contributed by atoms with Crippen LogP contribution in [-0.2, 0) is 11.3 Å². The Morgan fingerprint density at radius 1 is 1.32 bits per heavy atom. The number of anilines is 1. The Hall–Kier alpha value is -1.56. The van der Waals surface area contributed by atoms with E-state index in [2.05, 4.69) is 15.7 Å². The minimum absolute atomic E-state index is 0.0285. The maximum Gasteiger partial charge on any atom is 0.225 e. The second-order valence-corrected chi connectivity index (χ2v) is 5.71. The Balaban J connectivity index is 2.01. The van der Waals surface area contributed by atoms with Gasteiger partial charge in [-0.1, -0.05) is 29.3 Å². The molecule has 0 spiro atoms. The highest BCUT2D eigenvalue weighted by atomic mass is 35.5. The summed E-state index contributed by atoms with van der Waals surface area (Å²) in [5, 5.41) is 11.3. The van der Waals surface area contributed by atoms with Crippen LogP contribution >= 0.6 is 23.2 Å². The number of rotatable bonds is 7. The van der Waals surface area contributed by atoms with E-state index in [-0.39, 0.29) is 5.91 Å². The molecule has 0 aliphatic rings. The molecule has 0 bridgehead atoms. The predicted octanol–water partition coefficient (Wildman–Crippen LogP) is 3.18. The summed E-state index contributed by atoms with van der Waals surface area (Å²) in [6.07, 6.45) is 2.90. The lowest BCUT2D eigenvalue weighted by atomic mass is 10.2. The van der Waals surface area contributed by atoms with Crippen molar-refractivity contribution < 1.29 is 4.79 Å². The fraction of sp³-hybridized carbons (Fsp3) is 0.333. The first-order chi connectivity index (χ1) is 10.6. The van der Waals surface area contributed by atoms with E-state index in [0.29, 0.717) is 28.8 Å². The van der Waals surface area contributed by atoms with Gasteiger partial charge in [-0.3, -0.25) is 4.79 Å². The molecule has 0 aliphatic carbocycles. The van der Waals surface area contributed by atoms with Crippen molar-refractivity contribution in [1.29, 1.82) is 0 Å². The molecule has 1 aromatic heterocycles. The van der Waals surface area contributed by atoms with Crippen molar-refractivity contribution >= 4 is 34.9 Å². The van der Waals surface area contributed by atoms with Crippen molar-refractivity contribution in [3.63, 3.8) is 0 Å². The number of nitrogens with zero attached hydrogens (tertiary/aromatic N) is 2. The largest absolute Gasteiger partial charge is 0.320 e. The number of hydrogen-bond donors (Lipinski definition) is 2. The predicted molar refractivity (Wildman–Crippen MR) is 89.6 cm³/mol. The average molecular weight is 341 g/mol. The van der Waals surface area contributed by atoms with Gasteiger partial charge in [0.25, 0.3) is 0 Å². The molecule has 2 N–H and O–H groups in total. The third kappa shape index (κ3) is 4.73. The van der Waals surface area contributed by atoms with Crippen molar-refractivity contribution in [2.75, 3.05) is 18.9 Å². The molecular weight excluding hydrogens is 323 g/mol. The molecule has 0 unspecified atom stereocenters. The number of nitrogens with one attached hydrogen (secondary N) is 2. The van der Waals surface area contributed by atoms with Crippen molar-refractivity contribution in [3.8, 4) is 0 Å². The van der Waals surface area contributed by atoms with Crippen molar-refractivity contribution in [3.05, 3.63) is 46.1 Å². The lowest BCUT2D eigenvalue weighted by Crippen LogP contribution is -2.18. The van der Waals surface area contributed by atoms with Crippen LogP contribution in [0.25, 0.3) is 0 Å². The Morgan fingerprint density at radius 3 is 2.86 bits per heavy atom. The molecule has 1 amide bonds. The summed E-state index contributed by atoms with van der Waals surface area (Å²) in [4.78, 5) is 11.9. The van der Waals surface area contributed by atoms with E-state index < -0.39 is 0 Å². The van der Waals surface area contributed by atoms with Crippen molar-refractivity contribution in [2.24, 2.45) is 0 Å². The van der Waals surface area contributed by atoms with Crippen molar-refractivity contribution in [1.82, 2.24) is 15.1 Å². The first-order valence-corrected chi connectivity index (χ1v) is 7.76. The van der Waals surface area contributed by atoms with E-state index in [9.17, 15) is 4.79 Å². The normalized spacial score (nSPS) is 10.7. The van der Waals surface area contributed by atoms with Gasteiger partial charge < -0.3 is 10.6 Å². The van der Waals surface area contributed by atoms with Gasteiger partial charge >= 0.3 is 0 Å². The molecular formula is C15H18Cl2N4O. The minimum Gasteiger partial charge on any atom is -0.320 e. The van der Waals surface area contributed by atoms with Crippen LogP contribution in [0.5, 0.6) is 0 Å². The van der Waals surface area contributed by atoms with Gasteiger partial charge in [-0.05, 0) is 37.7 Å². The van der Waals surface area contributed by atoms with Crippen LogP contribution in [-0.4, -0.2) is 29.3 Å². The van der Waals surface area contributed by atoms with Gasteiger partial charge in [0, 0.05) is 22.5 Å². The van der Waals surface area contributed by atoms with Gasteiger partial charge in [-0.2, -0.15) is 5.10 Å². The van der Waals surface area contributed by atoms with E-state index in [1.54, 1.807) is 29.1 Å². The van der Waals surface area contributed by atoms with Crippen LogP contribution in [0.1, 0.15) is 18.4 Å². The topological polar surface area (TPSA) is 59.0 Å². The fourth-order valence-corrected chi connectivity index (χ4v) is 2.48. The SMILES string of the molecule is CNCCCC(=O)Nc1ccnn1Cc1ccc(Cl)cc1Cl. The highest BCUT2D eigenvalue weighted by Crippen LogP contribution is 2.22. The summed E-state index contributed by atoms with van der Waals surface area (Å²) < 4.78 is 1.70. The zero-order valence-electron chi connectivity index (χ0n) is 12.3. The molecule has 118 valence electrons. The number of amides is 1. The van der Waals surface area contributed by atoms with Crippen LogP contribution in [0.15, 0.2) is 30.5 Å². The first kappa shape index (κ1) is 16.8. The molecule has 22 heavy (non-hydrogen) atoms. The molecule has 2 aromatic rings. The number of carbonyl (C=O) groups excluding carboxylic acids is 1. The van der Waals surface area contributed by atoms with Crippen LogP contribution in [0.2, 0.25) is 10.0 Å². The second-order valence-electron chi connectivity index (χ2n) is 4.87. The molecule has 5 nitrogen and oxygen atoms in total. The quantitative estimate of drug-likeness (QED) is 0.761. The molecule has 0 fully saturated rings. The van der Waals surface area contributed by atoms with E-state index in [1.807, 2.05) is 13.1 Å². The fourth-order valence-electron chi connectivity index (χ4n) is 2.01. The van der Waals surface area contributed by atoms with Gasteiger partial charge in [-0.25, -0.2) is 4.68 Å².